The van der Waals surface area contributed by atoms with E-state index in [-0.39, 0.29) is 32.3 Å². The van der Waals surface area contributed by atoms with Gasteiger partial charge in [-0.1, -0.05) is 91.0 Å². The summed E-state index contributed by atoms with van der Waals surface area (Å²) in [6.07, 6.45) is 3.44. The van der Waals surface area contributed by atoms with Gasteiger partial charge in [0.05, 0.1) is 88.6 Å². The molecule has 8 aromatic carbocycles. The molecule has 0 atom stereocenters. The molecule has 104 heavy (non-hydrogen) atoms. The van der Waals surface area contributed by atoms with Crippen LogP contribution >= 0.6 is 0 Å². The zero-order chi connectivity index (χ0) is 73.0. The Labute approximate surface area is 595 Å². The average molecular weight is 1440 g/mol. The van der Waals surface area contributed by atoms with Crippen molar-refractivity contribution in [2.75, 3.05) is 0 Å². The summed E-state index contributed by atoms with van der Waals surface area (Å²) in [4.78, 5) is 11.9. The molecule has 1 aliphatic rings. The smallest absolute Gasteiger partial charge is 0.399 e. The predicted octanol–water partition coefficient (Wildman–Crippen LogP) is 18.0. The highest BCUT2D eigenvalue weighted by Gasteiger charge is 2.52. The molecule has 0 aliphatic carbocycles. The Morgan fingerprint density at radius 2 is 0.808 bits per heavy atom. The van der Waals surface area contributed by atoms with Gasteiger partial charge < -0.3 is 14.3 Å². The van der Waals surface area contributed by atoms with Crippen molar-refractivity contribution >= 4 is 65.3 Å². The number of hydrogen-bond donors (Lipinski definition) is 1. The van der Waals surface area contributed by atoms with E-state index in [0.29, 0.717) is 46.2 Å². The molecule has 1 aliphatic heterocycles. The van der Waals surface area contributed by atoms with Crippen LogP contribution in [-0.2, 0) is 42.4 Å². The maximum Gasteiger partial charge on any atom is 0.494 e. The van der Waals surface area contributed by atoms with Crippen LogP contribution in [0.3, 0.4) is 0 Å². The van der Waals surface area contributed by atoms with Gasteiger partial charge in [0.1, 0.15) is 46.3 Å². The van der Waals surface area contributed by atoms with Gasteiger partial charge >= 0.3 is 7.12 Å². The van der Waals surface area contributed by atoms with Gasteiger partial charge in [-0.05, 0) is 193 Å². The SMILES string of the molecule is CC1(C)OB(c2ccc3c(c2)cc(-c2c(F)cccc2F)n3S(=O)(=O)c2ccccc2)OC1(C)C.CCn1nc(-c2ccccn2)cc1-c1ccc2[nH]c(-c3c(F)cccc3F)cc2c1.CCn1nc(-c2ccccn2)cc1-c1ccc2c(c1)cc(-c1c(F)cccc1F)n2S(=O)(=O)c1ccccc1. The largest absolute Gasteiger partial charge is 0.494 e. The number of H-pyrrole nitrogens is 1. The van der Waals surface area contributed by atoms with Crippen LogP contribution < -0.4 is 5.46 Å². The molecule has 0 radical (unpaired) electrons. The Balaban J connectivity index is 0.000000133. The summed E-state index contributed by atoms with van der Waals surface area (Å²) < 4.78 is 161. The lowest BCUT2D eigenvalue weighted by atomic mass is 9.78. The minimum atomic E-state index is -4.20. The van der Waals surface area contributed by atoms with E-state index in [1.165, 1.54) is 66.7 Å². The number of hydrogen-bond acceptors (Lipinski definition) is 10. The Hall–Kier alpha value is -11.4. The number of aromatic amines is 1. The monoisotopic (exact) mass is 1440 g/mol. The van der Waals surface area contributed by atoms with Gasteiger partial charge in [0.15, 0.2) is 0 Å². The van der Waals surface area contributed by atoms with Crippen LogP contribution in [0.25, 0.3) is 112 Å². The molecule has 1 N–H and O–H groups in total. The molecule has 15 nitrogen and oxygen atoms in total. The van der Waals surface area contributed by atoms with Crippen molar-refractivity contribution < 1.29 is 52.5 Å². The summed E-state index contributed by atoms with van der Waals surface area (Å²) in [5, 5.41) is 11.2. The molecule has 1 fully saturated rings. The number of pyridine rings is 2. The molecule has 522 valence electrons. The first-order chi connectivity index (χ1) is 49.9. The third-order valence-electron chi connectivity index (χ3n) is 18.5. The Bertz CT molecular complexity index is 5920. The van der Waals surface area contributed by atoms with Crippen molar-refractivity contribution in [2.45, 2.75) is 75.6 Å². The number of rotatable bonds is 14. The molecule has 24 heteroatoms. The number of nitrogens with one attached hydrogen (secondary N) is 1. The van der Waals surface area contributed by atoms with E-state index < -0.39 is 84.4 Å². The highest BCUT2D eigenvalue weighted by molar-refractivity contribution is 7.90. The van der Waals surface area contributed by atoms with Crippen molar-refractivity contribution in [2.24, 2.45) is 0 Å². The summed E-state index contributed by atoms with van der Waals surface area (Å²) in [6, 6.07) is 62.6. The topological polar surface area (TPSA) is 174 Å². The number of fused-ring (bicyclic) bond motifs is 3. The molecule has 0 unspecified atom stereocenters. The Kier molecular flexibility index (Phi) is 18.6. The minimum Gasteiger partial charge on any atom is -0.399 e. The van der Waals surface area contributed by atoms with Crippen LogP contribution in [-0.4, -0.2) is 77.6 Å². The van der Waals surface area contributed by atoms with Crippen molar-refractivity contribution in [3.8, 4) is 79.1 Å². The summed E-state index contributed by atoms with van der Waals surface area (Å²) in [6.45, 7) is 13.1. The molecule has 16 rings (SSSR count). The van der Waals surface area contributed by atoms with Gasteiger partial charge in [-0.25, -0.2) is 51.1 Å². The van der Waals surface area contributed by atoms with Crippen LogP contribution in [0, 0.1) is 34.9 Å². The molecule has 0 amide bonds. The highest BCUT2D eigenvalue weighted by Crippen LogP contribution is 2.41. The molecular weight excluding hydrogens is 1370 g/mol. The first-order valence-corrected chi connectivity index (χ1v) is 36.1. The van der Waals surface area contributed by atoms with Crippen molar-refractivity contribution in [3.05, 3.63) is 284 Å². The quantitative estimate of drug-likeness (QED) is 0.0815. The lowest BCUT2D eigenvalue weighted by Gasteiger charge is -2.32. The fourth-order valence-corrected chi connectivity index (χ4v) is 15.8. The maximum atomic E-state index is 15.0. The minimum absolute atomic E-state index is 0.00512. The van der Waals surface area contributed by atoms with Crippen LogP contribution in [0.1, 0.15) is 41.5 Å². The van der Waals surface area contributed by atoms with Gasteiger partial charge in [-0.2, -0.15) is 10.2 Å². The van der Waals surface area contributed by atoms with Gasteiger partial charge in [-0.3, -0.25) is 19.3 Å². The van der Waals surface area contributed by atoms with Gasteiger partial charge in [0, 0.05) is 58.3 Å². The lowest BCUT2D eigenvalue weighted by molar-refractivity contribution is 0.00578. The fourth-order valence-electron chi connectivity index (χ4n) is 12.7. The molecule has 7 aromatic heterocycles. The van der Waals surface area contributed by atoms with Gasteiger partial charge in [0.25, 0.3) is 20.0 Å². The molecule has 1 saturated heterocycles. The van der Waals surface area contributed by atoms with E-state index in [0.717, 1.165) is 82.7 Å². The number of nitrogens with zero attached hydrogens (tertiary/aromatic N) is 8. The second-order valence-electron chi connectivity index (χ2n) is 25.6. The normalized spacial score (nSPS) is 13.5. The third-order valence-corrected chi connectivity index (χ3v) is 22.0. The molecule has 0 bridgehead atoms. The highest BCUT2D eigenvalue weighted by atomic mass is 32.2. The van der Waals surface area contributed by atoms with E-state index in [4.69, 9.17) is 9.31 Å². The second kappa shape index (κ2) is 27.7. The molecule has 15 aromatic rings. The number of benzene rings is 8. The van der Waals surface area contributed by atoms with Crippen LogP contribution in [0.2, 0.25) is 0 Å². The van der Waals surface area contributed by atoms with Gasteiger partial charge in [-0.15, -0.1) is 0 Å². The molecule has 0 spiro atoms. The van der Waals surface area contributed by atoms with Crippen molar-refractivity contribution in [3.63, 3.8) is 0 Å². The first-order valence-electron chi connectivity index (χ1n) is 33.2. The van der Waals surface area contributed by atoms with E-state index in [9.17, 15) is 43.2 Å². The summed E-state index contributed by atoms with van der Waals surface area (Å²) in [5.41, 5.74) is 6.82. The predicted molar refractivity (Wildman–Crippen MR) is 392 cm³/mol. The van der Waals surface area contributed by atoms with Crippen molar-refractivity contribution in [1.82, 2.24) is 42.5 Å². The van der Waals surface area contributed by atoms with Gasteiger partial charge in [0.2, 0.25) is 0 Å². The van der Waals surface area contributed by atoms with Crippen LogP contribution in [0.15, 0.2) is 259 Å². The number of aromatic nitrogens is 9. The number of halogens is 6. The van der Waals surface area contributed by atoms with Crippen LogP contribution in [0.5, 0.6) is 0 Å². The molecular formula is C80H64BF6N9O6S2. The Morgan fingerprint density at radius 3 is 1.24 bits per heavy atom. The second-order valence-corrected chi connectivity index (χ2v) is 29.1. The van der Waals surface area contributed by atoms with E-state index in [2.05, 4.69) is 25.1 Å². The zero-order valence-corrected chi connectivity index (χ0v) is 58.4. The van der Waals surface area contributed by atoms with E-state index in [1.54, 1.807) is 91.3 Å². The third kappa shape index (κ3) is 13.0. The molecule has 0 saturated carbocycles. The first kappa shape index (κ1) is 69.6. The molecule has 8 heterocycles. The summed E-state index contributed by atoms with van der Waals surface area (Å²) >= 11 is 0. The standard InChI is InChI=1S/C30H22F2N4O2S.C26H24BF2NO4S.C24H18F2N4/c1-2-35-28(19-26(34-35)25-13-6-7-16-33-25)20-14-15-27-21(17-20)18-29(30-23(31)11-8-12-24(30)32)36(27)39(37,38)22-9-4-3-5-10-22;1-25(2)26(3,4)34-27(33-25)18-13-14-22-17(15-18)16-23(24-20(28)11-8-12-21(24)29)30(22)35(31,32)19-9-6-5-7-10-19;1-2-30-23(14-21(29-30)20-8-3-4-11-27-20)15-9-10-19-16(12-15)13-22(28-19)24-17(25)6-5-7-18(24)26/h3-19H,2H2,1H3;5-16H,1-4H3;3-14,28H,2H2,1H3. The fraction of sp³-hybridized carbons (Fsp3) is 0.125. The lowest BCUT2D eigenvalue weighted by Crippen LogP contribution is -2.41. The maximum absolute atomic E-state index is 15.0. The number of aryl methyl sites for hydroxylation is 2. The summed E-state index contributed by atoms with van der Waals surface area (Å²) in [5.74, 6) is -4.61. The average Bonchev–Trinajstić information content (AvgIpc) is 1.57. The Morgan fingerprint density at radius 1 is 0.404 bits per heavy atom. The summed E-state index contributed by atoms with van der Waals surface area (Å²) in [7, 11) is -9.06. The van der Waals surface area contributed by atoms with E-state index >= 15 is 0 Å². The zero-order valence-electron chi connectivity index (χ0n) is 56.8. The van der Waals surface area contributed by atoms with E-state index in [1.807, 2.05) is 118 Å². The van der Waals surface area contributed by atoms with Crippen molar-refractivity contribution in [1.29, 1.82) is 0 Å². The van der Waals surface area contributed by atoms with Crippen LogP contribution in [0.4, 0.5) is 26.3 Å².